The smallest absolute Gasteiger partial charge is 0.227 e. The fraction of sp³-hybridized carbons (Fsp3) is 0.440. The lowest BCUT2D eigenvalue weighted by Gasteiger charge is -2.37. The van der Waals surface area contributed by atoms with E-state index in [9.17, 15) is 4.79 Å². The lowest BCUT2D eigenvalue weighted by Crippen LogP contribution is -2.52. The maximum atomic E-state index is 12.7. The third-order valence-electron chi connectivity index (χ3n) is 6.25. The summed E-state index contributed by atoms with van der Waals surface area (Å²) in [4.78, 5) is 23.7. The molecule has 2 heterocycles. The standard InChI is InChI=1S/C25H33N5O2/c1-26-25(29-17-15-28(16-18-29)21-8-5-9-22(19-21)32-2)27-13-6-11-24(31)30-14-12-20-7-3-4-10-23(20)30/h3-5,7-10,19H,6,11-18H2,1-2H3,(H,26,27). The fourth-order valence-corrected chi connectivity index (χ4v) is 4.49. The number of piperazine rings is 1. The second kappa shape index (κ2) is 10.4. The van der Waals surface area contributed by atoms with Crippen molar-refractivity contribution in [3.63, 3.8) is 0 Å². The molecule has 32 heavy (non-hydrogen) atoms. The predicted octanol–water partition coefficient (Wildman–Crippen LogP) is 2.76. The first kappa shape index (κ1) is 22.0. The number of benzene rings is 2. The molecular weight excluding hydrogens is 402 g/mol. The Morgan fingerprint density at radius 1 is 1.06 bits per heavy atom. The molecule has 1 fully saturated rings. The molecule has 4 rings (SSSR count). The number of methoxy groups -OCH3 is 1. The quantitative estimate of drug-likeness (QED) is 0.430. The first-order chi connectivity index (χ1) is 15.7. The van der Waals surface area contributed by atoms with Crippen LogP contribution in [0.5, 0.6) is 5.75 Å². The van der Waals surface area contributed by atoms with Crippen LogP contribution < -0.4 is 19.9 Å². The summed E-state index contributed by atoms with van der Waals surface area (Å²) in [5, 5.41) is 3.44. The number of aliphatic imine (C=N–C) groups is 1. The van der Waals surface area contributed by atoms with Gasteiger partial charge in [-0.25, -0.2) is 0 Å². The average molecular weight is 436 g/mol. The van der Waals surface area contributed by atoms with Gasteiger partial charge in [0.05, 0.1) is 7.11 Å². The number of nitrogens with zero attached hydrogens (tertiary/aromatic N) is 4. The Kier molecular flexibility index (Phi) is 7.14. The number of rotatable bonds is 6. The first-order valence-corrected chi connectivity index (χ1v) is 11.4. The number of hydrogen-bond donors (Lipinski definition) is 1. The van der Waals surface area contributed by atoms with E-state index < -0.39 is 0 Å². The van der Waals surface area contributed by atoms with Gasteiger partial charge in [0, 0.05) is 70.2 Å². The summed E-state index contributed by atoms with van der Waals surface area (Å²) in [6, 6.07) is 16.4. The van der Waals surface area contributed by atoms with Gasteiger partial charge in [-0.15, -0.1) is 0 Å². The maximum absolute atomic E-state index is 12.7. The second-order valence-electron chi connectivity index (χ2n) is 8.18. The number of nitrogens with one attached hydrogen (secondary N) is 1. The van der Waals surface area contributed by atoms with Gasteiger partial charge in [-0.2, -0.15) is 0 Å². The van der Waals surface area contributed by atoms with Gasteiger partial charge < -0.3 is 24.8 Å². The van der Waals surface area contributed by atoms with E-state index in [-0.39, 0.29) is 5.91 Å². The molecule has 0 aromatic heterocycles. The van der Waals surface area contributed by atoms with E-state index in [0.717, 1.165) is 69.5 Å². The highest BCUT2D eigenvalue weighted by Crippen LogP contribution is 2.28. The number of fused-ring (bicyclic) bond motifs is 1. The number of para-hydroxylation sites is 1. The largest absolute Gasteiger partial charge is 0.497 e. The van der Waals surface area contributed by atoms with Crippen molar-refractivity contribution >= 4 is 23.2 Å². The number of ether oxygens (including phenoxy) is 1. The number of carbonyl (C=O) groups excluding carboxylic acids is 1. The normalized spacial score (nSPS) is 16.2. The molecule has 2 aliphatic rings. The Labute approximate surface area is 190 Å². The van der Waals surface area contributed by atoms with Crippen molar-refractivity contribution in [1.82, 2.24) is 10.2 Å². The van der Waals surface area contributed by atoms with Crippen molar-refractivity contribution in [3.05, 3.63) is 54.1 Å². The molecule has 2 aromatic rings. The lowest BCUT2D eigenvalue weighted by molar-refractivity contribution is -0.118. The third-order valence-corrected chi connectivity index (χ3v) is 6.25. The summed E-state index contributed by atoms with van der Waals surface area (Å²) >= 11 is 0. The van der Waals surface area contributed by atoms with Gasteiger partial charge in [0.15, 0.2) is 5.96 Å². The van der Waals surface area contributed by atoms with E-state index in [1.54, 1.807) is 7.11 Å². The monoisotopic (exact) mass is 435 g/mol. The Hall–Kier alpha value is -3.22. The first-order valence-electron chi connectivity index (χ1n) is 11.4. The Morgan fingerprint density at radius 3 is 2.66 bits per heavy atom. The highest BCUT2D eigenvalue weighted by Gasteiger charge is 2.24. The molecule has 0 atom stereocenters. The van der Waals surface area contributed by atoms with E-state index in [1.165, 1.54) is 11.3 Å². The average Bonchev–Trinajstić information content (AvgIpc) is 3.28. The van der Waals surface area contributed by atoms with E-state index >= 15 is 0 Å². The van der Waals surface area contributed by atoms with Gasteiger partial charge >= 0.3 is 0 Å². The molecule has 0 radical (unpaired) electrons. The zero-order chi connectivity index (χ0) is 22.3. The highest BCUT2D eigenvalue weighted by molar-refractivity contribution is 5.95. The molecule has 1 N–H and O–H groups in total. The van der Waals surface area contributed by atoms with Gasteiger partial charge in [0.2, 0.25) is 5.91 Å². The summed E-state index contributed by atoms with van der Waals surface area (Å²) in [6.07, 6.45) is 2.29. The number of anilines is 2. The van der Waals surface area contributed by atoms with Crippen molar-refractivity contribution in [2.75, 3.05) is 63.2 Å². The van der Waals surface area contributed by atoms with Gasteiger partial charge in [0.1, 0.15) is 5.75 Å². The maximum Gasteiger partial charge on any atom is 0.227 e. The van der Waals surface area contributed by atoms with Gasteiger partial charge in [-0.05, 0) is 36.6 Å². The molecular formula is C25H33N5O2. The predicted molar refractivity (Wildman–Crippen MR) is 130 cm³/mol. The highest BCUT2D eigenvalue weighted by atomic mass is 16.5. The van der Waals surface area contributed by atoms with Crippen molar-refractivity contribution in [2.24, 2.45) is 4.99 Å². The van der Waals surface area contributed by atoms with Crippen molar-refractivity contribution in [3.8, 4) is 5.75 Å². The Morgan fingerprint density at radius 2 is 1.88 bits per heavy atom. The Bertz CT molecular complexity index is 953. The molecule has 2 aliphatic heterocycles. The molecule has 7 heteroatoms. The molecule has 0 spiro atoms. The minimum Gasteiger partial charge on any atom is -0.497 e. The molecule has 170 valence electrons. The topological polar surface area (TPSA) is 60.4 Å². The van der Waals surface area contributed by atoms with Gasteiger partial charge in [-0.1, -0.05) is 24.3 Å². The van der Waals surface area contributed by atoms with Crippen LogP contribution in [-0.2, 0) is 11.2 Å². The lowest BCUT2D eigenvalue weighted by atomic mass is 10.2. The van der Waals surface area contributed by atoms with Crippen LogP contribution in [0.3, 0.4) is 0 Å². The van der Waals surface area contributed by atoms with Crippen LogP contribution >= 0.6 is 0 Å². The van der Waals surface area contributed by atoms with Crippen LogP contribution in [0.4, 0.5) is 11.4 Å². The SMILES string of the molecule is CN=C(NCCCC(=O)N1CCc2ccccc21)N1CCN(c2cccc(OC)c2)CC1. The molecule has 0 unspecified atom stereocenters. The molecule has 1 saturated heterocycles. The van der Waals surface area contributed by atoms with Crippen LogP contribution in [0, 0.1) is 0 Å². The van der Waals surface area contributed by atoms with Crippen molar-refractivity contribution < 1.29 is 9.53 Å². The van der Waals surface area contributed by atoms with Crippen LogP contribution in [0.1, 0.15) is 18.4 Å². The molecule has 0 saturated carbocycles. The molecule has 0 bridgehead atoms. The van der Waals surface area contributed by atoms with Crippen molar-refractivity contribution in [1.29, 1.82) is 0 Å². The second-order valence-corrected chi connectivity index (χ2v) is 8.18. The summed E-state index contributed by atoms with van der Waals surface area (Å²) in [5.74, 6) is 2.00. The van der Waals surface area contributed by atoms with Crippen LogP contribution in [-0.4, -0.2) is 70.2 Å². The van der Waals surface area contributed by atoms with E-state index in [0.29, 0.717) is 6.42 Å². The van der Waals surface area contributed by atoms with Gasteiger partial charge in [-0.3, -0.25) is 9.79 Å². The number of carbonyl (C=O) groups is 1. The van der Waals surface area contributed by atoms with Gasteiger partial charge in [0.25, 0.3) is 0 Å². The fourth-order valence-electron chi connectivity index (χ4n) is 4.49. The van der Waals surface area contributed by atoms with E-state index in [1.807, 2.05) is 42.3 Å². The summed E-state index contributed by atoms with van der Waals surface area (Å²) in [5.41, 5.74) is 3.54. The Balaban J connectivity index is 1.21. The number of amides is 1. The minimum atomic E-state index is 0.207. The van der Waals surface area contributed by atoms with E-state index in [4.69, 9.17) is 4.74 Å². The van der Waals surface area contributed by atoms with Crippen molar-refractivity contribution in [2.45, 2.75) is 19.3 Å². The zero-order valence-electron chi connectivity index (χ0n) is 19.1. The summed E-state index contributed by atoms with van der Waals surface area (Å²) < 4.78 is 5.35. The van der Waals surface area contributed by atoms with Crippen LogP contribution in [0.2, 0.25) is 0 Å². The van der Waals surface area contributed by atoms with Crippen LogP contribution in [0.15, 0.2) is 53.5 Å². The molecule has 2 aromatic carbocycles. The molecule has 0 aliphatic carbocycles. The molecule has 7 nitrogen and oxygen atoms in total. The summed E-state index contributed by atoms with van der Waals surface area (Å²) in [7, 11) is 3.52. The number of guanidine groups is 1. The zero-order valence-corrected chi connectivity index (χ0v) is 19.1. The molecule has 1 amide bonds. The van der Waals surface area contributed by atoms with E-state index in [2.05, 4.69) is 38.3 Å². The number of hydrogen-bond acceptors (Lipinski definition) is 4. The summed E-state index contributed by atoms with van der Waals surface area (Å²) in [6.45, 7) is 5.21. The third kappa shape index (κ3) is 4.98. The van der Waals surface area contributed by atoms with Crippen LogP contribution in [0.25, 0.3) is 0 Å². The minimum absolute atomic E-state index is 0.207.